The molecule has 0 fully saturated rings. The first-order valence-electron chi connectivity index (χ1n) is 7.56. The maximum atomic E-state index is 12.2. The number of imidazole rings is 1. The van der Waals surface area contributed by atoms with E-state index in [2.05, 4.69) is 38.1 Å². The van der Waals surface area contributed by atoms with Gasteiger partial charge >= 0.3 is 0 Å². The van der Waals surface area contributed by atoms with Gasteiger partial charge in [0.05, 0.1) is 17.4 Å². The molecule has 4 aromatic rings. The van der Waals surface area contributed by atoms with E-state index in [1.54, 1.807) is 12.4 Å². The van der Waals surface area contributed by atoms with Crippen LogP contribution in [-0.4, -0.2) is 27.0 Å². The fraction of sp³-hybridized carbons (Fsp3) is 0.111. The van der Waals surface area contributed by atoms with Crippen LogP contribution < -0.4 is 5.32 Å². The van der Waals surface area contributed by atoms with E-state index >= 15 is 0 Å². The third-order valence-electron chi connectivity index (χ3n) is 4.00. The molecule has 0 saturated heterocycles. The van der Waals surface area contributed by atoms with E-state index in [-0.39, 0.29) is 5.91 Å². The molecule has 2 N–H and O–H groups in total. The number of nitrogens with zero attached hydrogens (tertiary/aromatic N) is 2. The highest BCUT2D eigenvalue weighted by Gasteiger charge is 2.07. The molecule has 5 heteroatoms. The van der Waals surface area contributed by atoms with Crippen LogP contribution in [0.15, 0.2) is 61.1 Å². The molecular formula is C18H16N4O. The number of carbonyl (C=O) groups is 1. The zero-order chi connectivity index (χ0) is 15.6. The van der Waals surface area contributed by atoms with Gasteiger partial charge in [0.1, 0.15) is 0 Å². The fourth-order valence-electron chi connectivity index (χ4n) is 2.80. The van der Waals surface area contributed by atoms with Crippen LogP contribution in [0.1, 0.15) is 10.4 Å². The number of benzene rings is 2. The minimum Gasteiger partial charge on any atom is -0.350 e. The lowest BCUT2D eigenvalue weighted by Crippen LogP contribution is -2.27. The number of aromatic nitrogens is 3. The third kappa shape index (κ3) is 2.57. The lowest BCUT2D eigenvalue weighted by molar-refractivity contribution is 0.0952. The smallest absolute Gasteiger partial charge is 0.251 e. The Morgan fingerprint density at radius 3 is 3.04 bits per heavy atom. The van der Waals surface area contributed by atoms with Crippen molar-refractivity contribution < 1.29 is 4.79 Å². The van der Waals surface area contributed by atoms with Crippen LogP contribution in [0.3, 0.4) is 0 Å². The van der Waals surface area contributed by atoms with Crippen molar-refractivity contribution in [3.05, 3.63) is 66.6 Å². The van der Waals surface area contributed by atoms with E-state index in [1.807, 2.05) is 30.5 Å². The van der Waals surface area contributed by atoms with Gasteiger partial charge < -0.3 is 14.9 Å². The largest absolute Gasteiger partial charge is 0.350 e. The molecule has 1 amide bonds. The molecule has 0 spiro atoms. The average molecular weight is 304 g/mol. The van der Waals surface area contributed by atoms with Crippen LogP contribution in [0, 0.1) is 0 Å². The van der Waals surface area contributed by atoms with Gasteiger partial charge in [0.25, 0.3) is 5.91 Å². The monoisotopic (exact) mass is 304 g/mol. The van der Waals surface area contributed by atoms with Crippen LogP contribution in [-0.2, 0) is 6.54 Å². The number of hydrogen-bond acceptors (Lipinski definition) is 2. The van der Waals surface area contributed by atoms with Gasteiger partial charge in [-0.1, -0.05) is 18.2 Å². The second-order valence-corrected chi connectivity index (χ2v) is 5.46. The average Bonchev–Trinajstić information content (AvgIpc) is 3.21. The second-order valence-electron chi connectivity index (χ2n) is 5.46. The molecule has 0 radical (unpaired) electrons. The summed E-state index contributed by atoms with van der Waals surface area (Å²) < 4.78 is 2.15. The van der Waals surface area contributed by atoms with E-state index in [9.17, 15) is 4.79 Å². The first-order valence-corrected chi connectivity index (χ1v) is 7.56. The molecule has 114 valence electrons. The molecule has 2 heterocycles. The Labute approximate surface area is 133 Å². The third-order valence-corrected chi connectivity index (χ3v) is 4.00. The predicted molar refractivity (Wildman–Crippen MR) is 90.4 cm³/mol. The standard InChI is InChI=1S/C18H16N4O/c23-18(14-5-6-15-16(11-14)21-12-20-15)19-8-10-22-9-7-13-3-1-2-4-17(13)22/h1-7,9,11-12H,8,10H2,(H,19,23)(H,20,21). The Bertz CT molecular complexity index is 983. The van der Waals surface area contributed by atoms with Crippen molar-refractivity contribution in [3.8, 4) is 0 Å². The van der Waals surface area contributed by atoms with Crippen molar-refractivity contribution in [1.82, 2.24) is 19.9 Å². The van der Waals surface area contributed by atoms with Crippen molar-refractivity contribution >= 4 is 27.8 Å². The van der Waals surface area contributed by atoms with Crippen molar-refractivity contribution in [1.29, 1.82) is 0 Å². The normalized spacial score (nSPS) is 11.1. The Morgan fingerprint density at radius 2 is 2.09 bits per heavy atom. The Balaban J connectivity index is 1.43. The molecule has 0 bridgehead atoms. The Hall–Kier alpha value is -3.08. The SMILES string of the molecule is O=C(NCCn1ccc2ccccc21)c1ccc2nc[nH]c2c1. The maximum absolute atomic E-state index is 12.2. The van der Waals surface area contributed by atoms with Gasteiger partial charge in [0.2, 0.25) is 0 Å². The topological polar surface area (TPSA) is 62.7 Å². The molecule has 0 unspecified atom stereocenters. The number of fused-ring (bicyclic) bond motifs is 2. The summed E-state index contributed by atoms with van der Waals surface area (Å²) in [6.07, 6.45) is 3.68. The molecule has 0 saturated carbocycles. The molecular weight excluding hydrogens is 288 g/mol. The van der Waals surface area contributed by atoms with Gasteiger partial charge in [-0.25, -0.2) is 4.98 Å². The van der Waals surface area contributed by atoms with Gasteiger partial charge in [-0.15, -0.1) is 0 Å². The van der Waals surface area contributed by atoms with Crippen molar-refractivity contribution in [2.75, 3.05) is 6.54 Å². The van der Waals surface area contributed by atoms with E-state index in [4.69, 9.17) is 0 Å². The number of nitrogens with one attached hydrogen (secondary N) is 2. The van der Waals surface area contributed by atoms with Crippen LogP contribution in [0.5, 0.6) is 0 Å². The number of H-pyrrole nitrogens is 1. The molecule has 4 rings (SSSR count). The first-order chi connectivity index (χ1) is 11.3. The number of para-hydroxylation sites is 1. The summed E-state index contributed by atoms with van der Waals surface area (Å²) in [6.45, 7) is 1.32. The fourth-order valence-corrected chi connectivity index (χ4v) is 2.80. The highest BCUT2D eigenvalue weighted by Crippen LogP contribution is 2.15. The highest BCUT2D eigenvalue weighted by molar-refractivity contribution is 5.97. The minimum atomic E-state index is -0.0713. The summed E-state index contributed by atoms with van der Waals surface area (Å²) >= 11 is 0. The number of rotatable bonds is 4. The molecule has 23 heavy (non-hydrogen) atoms. The number of carbonyl (C=O) groups excluding carboxylic acids is 1. The summed E-state index contributed by atoms with van der Waals surface area (Å²) in [7, 11) is 0. The molecule has 0 atom stereocenters. The Kier molecular flexibility index (Phi) is 3.31. The highest BCUT2D eigenvalue weighted by atomic mass is 16.1. The van der Waals surface area contributed by atoms with Crippen LogP contribution in [0.2, 0.25) is 0 Å². The molecule has 2 aromatic heterocycles. The molecule has 0 aliphatic heterocycles. The van der Waals surface area contributed by atoms with Crippen LogP contribution >= 0.6 is 0 Å². The first kappa shape index (κ1) is 13.6. The van der Waals surface area contributed by atoms with Gasteiger partial charge in [-0.05, 0) is 35.7 Å². The molecule has 0 aliphatic carbocycles. The Morgan fingerprint density at radius 1 is 1.17 bits per heavy atom. The summed E-state index contributed by atoms with van der Waals surface area (Å²) in [5.41, 5.74) is 3.55. The zero-order valence-electron chi connectivity index (χ0n) is 12.5. The van der Waals surface area contributed by atoms with Gasteiger partial charge in [-0.3, -0.25) is 4.79 Å². The van der Waals surface area contributed by atoms with E-state index in [1.165, 1.54) is 10.9 Å². The summed E-state index contributed by atoms with van der Waals surface area (Å²) in [4.78, 5) is 19.4. The zero-order valence-corrected chi connectivity index (χ0v) is 12.5. The summed E-state index contributed by atoms with van der Waals surface area (Å²) in [6, 6.07) is 15.8. The van der Waals surface area contributed by atoms with E-state index in [0.29, 0.717) is 12.1 Å². The maximum Gasteiger partial charge on any atom is 0.251 e. The number of amides is 1. The number of hydrogen-bond donors (Lipinski definition) is 2. The molecule has 2 aromatic carbocycles. The van der Waals surface area contributed by atoms with Crippen LogP contribution in [0.4, 0.5) is 0 Å². The lowest BCUT2D eigenvalue weighted by atomic mass is 10.2. The number of aromatic amines is 1. The predicted octanol–water partition coefficient (Wildman–Crippen LogP) is 2.95. The van der Waals surface area contributed by atoms with Crippen molar-refractivity contribution in [3.63, 3.8) is 0 Å². The van der Waals surface area contributed by atoms with E-state index in [0.717, 1.165) is 17.6 Å². The lowest BCUT2D eigenvalue weighted by Gasteiger charge is -2.08. The summed E-state index contributed by atoms with van der Waals surface area (Å²) in [5.74, 6) is -0.0713. The minimum absolute atomic E-state index is 0.0713. The molecule has 0 aliphatic rings. The van der Waals surface area contributed by atoms with Crippen molar-refractivity contribution in [2.24, 2.45) is 0 Å². The van der Waals surface area contributed by atoms with Crippen LogP contribution in [0.25, 0.3) is 21.9 Å². The quantitative estimate of drug-likeness (QED) is 0.609. The second kappa shape index (κ2) is 5.61. The van der Waals surface area contributed by atoms with Gasteiger partial charge in [-0.2, -0.15) is 0 Å². The van der Waals surface area contributed by atoms with Gasteiger partial charge in [0.15, 0.2) is 0 Å². The van der Waals surface area contributed by atoms with Gasteiger partial charge in [0, 0.05) is 30.4 Å². The summed E-state index contributed by atoms with van der Waals surface area (Å²) in [5, 5.41) is 4.18. The van der Waals surface area contributed by atoms with E-state index < -0.39 is 0 Å². The molecule has 5 nitrogen and oxygen atoms in total. The van der Waals surface area contributed by atoms with Crippen molar-refractivity contribution in [2.45, 2.75) is 6.54 Å².